The van der Waals surface area contributed by atoms with Gasteiger partial charge in [-0.05, 0) is 25.8 Å². The Labute approximate surface area is 78.3 Å². The van der Waals surface area contributed by atoms with E-state index in [0.29, 0.717) is 12.8 Å². The Morgan fingerprint density at radius 2 is 2.23 bits per heavy atom. The monoisotopic (exact) mass is 205 g/mol. The van der Waals surface area contributed by atoms with Gasteiger partial charge in [0, 0.05) is 5.54 Å². The molecule has 2 atom stereocenters. The van der Waals surface area contributed by atoms with Gasteiger partial charge in [0.05, 0.1) is 17.6 Å². The molecule has 0 aromatic heterocycles. The first-order chi connectivity index (χ1) is 6.02. The average molecular weight is 205 g/mol. The molecule has 0 aromatic rings. The third-order valence-electron chi connectivity index (χ3n) is 2.99. The van der Waals surface area contributed by atoms with Crippen LogP contribution in [-0.4, -0.2) is 43.2 Å². The van der Waals surface area contributed by atoms with Gasteiger partial charge in [-0.15, -0.1) is 0 Å². The zero-order chi connectivity index (χ0) is 9.53. The van der Waals surface area contributed by atoms with Crippen molar-refractivity contribution in [1.29, 1.82) is 0 Å². The quantitative estimate of drug-likeness (QED) is 0.548. The summed E-state index contributed by atoms with van der Waals surface area (Å²) in [6, 6.07) is 0. The topological polar surface area (TPSA) is 66.4 Å². The van der Waals surface area contributed by atoms with E-state index in [1.807, 2.05) is 0 Å². The zero-order valence-electron chi connectivity index (χ0n) is 7.49. The summed E-state index contributed by atoms with van der Waals surface area (Å²) in [6.45, 7) is 0.733. The maximum absolute atomic E-state index is 11.3. The Morgan fingerprint density at radius 1 is 1.46 bits per heavy atom. The Kier molecular flexibility index (Phi) is 2.13. The maximum atomic E-state index is 11.3. The predicted molar refractivity (Wildman–Crippen MR) is 49.2 cm³/mol. The van der Waals surface area contributed by atoms with Crippen molar-refractivity contribution in [2.45, 2.75) is 30.9 Å². The highest BCUT2D eigenvalue weighted by molar-refractivity contribution is 7.91. The summed E-state index contributed by atoms with van der Waals surface area (Å²) in [5.41, 5.74) is -0.309. The van der Waals surface area contributed by atoms with Gasteiger partial charge in [0.1, 0.15) is 0 Å². The molecular weight excluding hydrogens is 190 g/mol. The lowest BCUT2D eigenvalue weighted by molar-refractivity contribution is 0.0869. The molecular formula is C8H15NO3S. The summed E-state index contributed by atoms with van der Waals surface area (Å²) in [4.78, 5) is 0. The van der Waals surface area contributed by atoms with E-state index in [0.717, 1.165) is 13.0 Å². The number of aliphatic hydroxyl groups is 1. The SMILES string of the molecule is O=S1(=O)CCC2(CC(O)CCN2)C1. The lowest BCUT2D eigenvalue weighted by atomic mass is 9.87. The molecule has 2 saturated heterocycles. The summed E-state index contributed by atoms with van der Waals surface area (Å²) < 4.78 is 22.6. The average Bonchev–Trinajstić information content (AvgIpc) is 2.26. The van der Waals surface area contributed by atoms with Crippen molar-refractivity contribution in [3.63, 3.8) is 0 Å². The molecule has 2 rings (SSSR count). The van der Waals surface area contributed by atoms with Gasteiger partial charge >= 0.3 is 0 Å². The summed E-state index contributed by atoms with van der Waals surface area (Å²) >= 11 is 0. The fourth-order valence-electron chi connectivity index (χ4n) is 2.35. The van der Waals surface area contributed by atoms with Crippen LogP contribution in [-0.2, 0) is 9.84 Å². The molecule has 2 fully saturated rings. The van der Waals surface area contributed by atoms with Crippen LogP contribution in [0.3, 0.4) is 0 Å². The van der Waals surface area contributed by atoms with Crippen LogP contribution in [0.2, 0.25) is 0 Å². The van der Waals surface area contributed by atoms with E-state index in [4.69, 9.17) is 0 Å². The first-order valence-electron chi connectivity index (χ1n) is 4.65. The Morgan fingerprint density at radius 3 is 2.77 bits per heavy atom. The standard InChI is InChI=1S/C8H15NO3S/c10-7-1-3-9-8(5-7)2-4-13(11,12)6-8/h7,9-10H,1-6H2. The van der Waals surface area contributed by atoms with Crippen molar-refractivity contribution >= 4 is 9.84 Å². The molecule has 4 nitrogen and oxygen atoms in total. The second-order valence-corrected chi connectivity index (χ2v) is 6.38. The summed E-state index contributed by atoms with van der Waals surface area (Å²) in [5.74, 6) is 0.476. The molecule has 0 amide bonds. The first kappa shape index (κ1) is 9.43. The van der Waals surface area contributed by atoms with E-state index in [1.54, 1.807) is 0 Å². The van der Waals surface area contributed by atoms with Crippen molar-refractivity contribution in [2.75, 3.05) is 18.1 Å². The number of rotatable bonds is 0. The van der Waals surface area contributed by atoms with Crippen LogP contribution < -0.4 is 5.32 Å². The number of piperidine rings is 1. The van der Waals surface area contributed by atoms with Crippen LogP contribution in [0.15, 0.2) is 0 Å². The lowest BCUT2D eigenvalue weighted by Crippen LogP contribution is -2.53. The molecule has 2 N–H and O–H groups in total. The molecule has 76 valence electrons. The van der Waals surface area contributed by atoms with Gasteiger partial charge in [0.15, 0.2) is 9.84 Å². The van der Waals surface area contributed by atoms with E-state index in [1.165, 1.54) is 0 Å². The molecule has 2 aliphatic rings. The molecule has 13 heavy (non-hydrogen) atoms. The number of nitrogens with one attached hydrogen (secondary N) is 1. The highest BCUT2D eigenvalue weighted by atomic mass is 32.2. The fourth-order valence-corrected chi connectivity index (χ4v) is 4.40. The lowest BCUT2D eigenvalue weighted by Gasteiger charge is -2.36. The minimum Gasteiger partial charge on any atom is -0.393 e. The molecule has 0 bridgehead atoms. The Hall–Kier alpha value is -0.130. The molecule has 5 heteroatoms. The smallest absolute Gasteiger partial charge is 0.152 e. The predicted octanol–water partition coefficient (Wildman–Crippen LogP) is -0.712. The van der Waals surface area contributed by atoms with Crippen LogP contribution in [0.4, 0.5) is 0 Å². The highest BCUT2D eigenvalue weighted by Crippen LogP contribution is 2.31. The summed E-state index contributed by atoms with van der Waals surface area (Å²) in [7, 11) is -2.85. The van der Waals surface area contributed by atoms with Gasteiger partial charge in [-0.2, -0.15) is 0 Å². The molecule has 0 radical (unpaired) electrons. The van der Waals surface area contributed by atoms with Crippen molar-refractivity contribution < 1.29 is 13.5 Å². The van der Waals surface area contributed by atoms with E-state index in [-0.39, 0.29) is 23.1 Å². The van der Waals surface area contributed by atoms with E-state index in [9.17, 15) is 13.5 Å². The van der Waals surface area contributed by atoms with Crippen molar-refractivity contribution in [3.8, 4) is 0 Å². The third-order valence-corrected chi connectivity index (χ3v) is 4.81. The van der Waals surface area contributed by atoms with Crippen LogP contribution in [0, 0.1) is 0 Å². The van der Waals surface area contributed by atoms with Gasteiger partial charge in [-0.3, -0.25) is 0 Å². The number of hydrogen-bond acceptors (Lipinski definition) is 4. The van der Waals surface area contributed by atoms with Crippen LogP contribution >= 0.6 is 0 Å². The number of aliphatic hydroxyl groups excluding tert-OH is 1. The molecule has 1 spiro atoms. The number of sulfone groups is 1. The largest absolute Gasteiger partial charge is 0.393 e. The van der Waals surface area contributed by atoms with Crippen molar-refractivity contribution in [2.24, 2.45) is 0 Å². The van der Waals surface area contributed by atoms with Crippen LogP contribution in [0.1, 0.15) is 19.3 Å². The third kappa shape index (κ3) is 1.87. The normalized spacial score (nSPS) is 43.9. The molecule has 0 saturated carbocycles. The van der Waals surface area contributed by atoms with Gasteiger partial charge < -0.3 is 10.4 Å². The van der Waals surface area contributed by atoms with E-state index >= 15 is 0 Å². The van der Waals surface area contributed by atoms with Crippen LogP contribution in [0.5, 0.6) is 0 Å². The van der Waals surface area contributed by atoms with Crippen molar-refractivity contribution in [3.05, 3.63) is 0 Å². The molecule has 0 aromatic carbocycles. The second-order valence-electron chi connectivity index (χ2n) is 4.20. The van der Waals surface area contributed by atoms with Crippen LogP contribution in [0.25, 0.3) is 0 Å². The Balaban J connectivity index is 2.14. The van der Waals surface area contributed by atoms with Gasteiger partial charge in [0.25, 0.3) is 0 Å². The summed E-state index contributed by atoms with van der Waals surface area (Å²) in [6.07, 6.45) is 1.66. The van der Waals surface area contributed by atoms with Gasteiger partial charge in [0.2, 0.25) is 0 Å². The highest BCUT2D eigenvalue weighted by Gasteiger charge is 2.44. The number of hydrogen-bond donors (Lipinski definition) is 2. The Bertz CT molecular complexity index is 301. The molecule has 2 unspecified atom stereocenters. The molecule has 0 aliphatic carbocycles. The minimum absolute atomic E-state index is 0.205. The second kappa shape index (κ2) is 2.93. The molecule has 2 heterocycles. The van der Waals surface area contributed by atoms with E-state index in [2.05, 4.69) is 5.32 Å². The fraction of sp³-hybridized carbons (Fsp3) is 1.00. The molecule has 2 aliphatic heterocycles. The van der Waals surface area contributed by atoms with Gasteiger partial charge in [-0.25, -0.2) is 8.42 Å². The van der Waals surface area contributed by atoms with Gasteiger partial charge in [-0.1, -0.05) is 0 Å². The van der Waals surface area contributed by atoms with Crippen molar-refractivity contribution in [1.82, 2.24) is 5.32 Å². The minimum atomic E-state index is -2.85. The zero-order valence-corrected chi connectivity index (χ0v) is 8.31. The first-order valence-corrected chi connectivity index (χ1v) is 6.47. The summed E-state index contributed by atoms with van der Waals surface area (Å²) in [5, 5.41) is 12.7. The van der Waals surface area contributed by atoms with E-state index < -0.39 is 9.84 Å². The maximum Gasteiger partial charge on any atom is 0.152 e.